The third-order valence-corrected chi connectivity index (χ3v) is 6.04. The maximum absolute atomic E-state index is 12.5. The second kappa shape index (κ2) is 6.35. The molecule has 7 nitrogen and oxygen atoms in total. The zero-order chi connectivity index (χ0) is 18.3. The third-order valence-electron chi connectivity index (χ3n) is 6.04. The van der Waals surface area contributed by atoms with Crippen molar-refractivity contribution in [3.63, 3.8) is 0 Å². The van der Waals surface area contributed by atoms with E-state index < -0.39 is 30.4 Å². The molecule has 2 saturated carbocycles. The Labute approximate surface area is 142 Å². The van der Waals surface area contributed by atoms with Gasteiger partial charge in [-0.15, -0.1) is 0 Å². The molecule has 5 N–H and O–H groups in total. The third kappa shape index (κ3) is 3.41. The Morgan fingerprint density at radius 1 is 1.25 bits per heavy atom. The van der Waals surface area contributed by atoms with Crippen LogP contribution in [0.4, 0.5) is 0 Å². The topological polar surface area (TPSA) is 122 Å². The number of carboxylic acids is 1. The summed E-state index contributed by atoms with van der Waals surface area (Å²) in [5.41, 5.74) is 5.66. The number of hydrogen-bond donors (Lipinski definition) is 4. The number of carbonyl (C=O) groups excluding carboxylic acids is 2. The number of carboxylic acid groups (broad SMARTS) is 1. The van der Waals surface area contributed by atoms with E-state index in [1.807, 2.05) is 0 Å². The Bertz CT molecular complexity index is 543. The summed E-state index contributed by atoms with van der Waals surface area (Å²) in [7, 11) is 0. The van der Waals surface area contributed by atoms with E-state index in [9.17, 15) is 14.4 Å². The molecule has 2 aliphatic carbocycles. The van der Waals surface area contributed by atoms with Crippen LogP contribution in [-0.4, -0.2) is 41.0 Å². The van der Waals surface area contributed by atoms with Crippen molar-refractivity contribution in [2.45, 2.75) is 71.5 Å². The minimum absolute atomic E-state index is 0.0338. The lowest BCUT2D eigenvalue weighted by atomic mass is 9.68. The molecule has 2 fully saturated rings. The Morgan fingerprint density at radius 3 is 2.38 bits per heavy atom. The zero-order valence-corrected chi connectivity index (χ0v) is 14.9. The fourth-order valence-electron chi connectivity index (χ4n) is 4.60. The fraction of sp³-hybridized carbons (Fsp3) is 0.824. The molecule has 0 aromatic rings. The van der Waals surface area contributed by atoms with Crippen LogP contribution in [0.3, 0.4) is 0 Å². The first-order valence-corrected chi connectivity index (χ1v) is 8.55. The summed E-state index contributed by atoms with van der Waals surface area (Å²) in [4.78, 5) is 35.0. The summed E-state index contributed by atoms with van der Waals surface area (Å²) in [6.07, 6.45) is 2.97. The van der Waals surface area contributed by atoms with Gasteiger partial charge in [0.15, 0.2) is 0 Å². The van der Waals surface area contributed by atoms with Crippen molar-refractivity contribution in [1.29, 1.82) is 0 Å². The number of carbonyl (C=O) groups is 3. The quantitative estimate of drug-likeness (QED) is 0.565. The summed E-state index contributed by atoms with van der Waals surface area (Å²) in [5.74, 6) is -1.41. The zero-order valence-electron chi connectivity index (χ0n) is 14.9. The second-order valence-electron chi connectivity index (χ2n) is 8.29. The van der Waals surface area contributed by atoms with E-state index in [2.05, 4.69) is 31.4 Å². The molecular formula is C17H29N3O4. The molecule has 2 rings (SSSR count). The van der Waals surface area contributed by atoms with Gasteiger partial charge in [0.25, 0.3) is 0 Å². The minimum Gasteiger partial charge on any atom is -0.481 e. The molecule has 2 amide bonds. The van der Waals surface area contributed by atoms with Crippen molar-refractivity contribution in [2.75, 3.05) is 0 Å². The van der Waals surface area contributed by atoms with Gasteiger partial charge < -0.3 is 21.5 Å². The predicted octanol–water partition coefficient (Wildman–Crippen LogP) is 0.624. The first-order valence-electron chi connectivity index (χ1n) is 8.55. The SMILES string of the molecule is CC(NC(=O)C(N)CC(=O)O)C(=O)NC1C2(C)CCC(C2)C1(C)C. The van der Waals surface area contributed by atoms with Gasteiger partial charge in [-0.1, -0.05) is 20.8 Å². The Morgan fingerprint density at radius 2 is 1.88 bits per heavy atom. The van der Waals surface area contributed by atoms with Crippen molar-refractivity contribution in [1.82, 2.24) is 10.6 Å². The van der Waals surface area contributed by atoms with Crippen molar-refractivity contribution in [3.8, 4) is 0 Å². The van der Waals surface area contributed by atoms with Crippen LogP contribution in [0.5, 0.6) is 0 Å². The van der Waals surface area contributed by atoms with E-state index in [4.69, 9.17) is 10.8 Å². The van der Waals surface area contributed by atoms with Gasteiger partial charge >= 0.3 is 5.97 Å². The maximum Gasteiger partial charge on any atom is 0.305 e. The van der Waals surface area contributed by atoms with Gasteiger partial charge in [-0.2, -0.15) is 0 Å². The van der Waals surface area contributed by atoms with Crippen molar-refractivity contribution < 1.29 is 19.5 Å². The highest BCUT2D eigenvalue weighted by Gasteiger charge is 2.59. The van der Waals surface area contributed by atoms with Crippen molar-refractivity contribution in [2.24, 2.45) is 22.5 Å². The predicted molar refractivity (Wildman–Crippen MR) is 89.0 cm³/mol. The lowest BCUT2D eigenvalue weighted by Crippen LogP contribution is -2.57. The van der Waals surface area contributed by atoms with Gasteiger partial charge in [0, 0.05) is 6.04 Å². The summed E-state index contributed by atoms with van der Waals surface area (Å²) < 4.78 is 0. The van der Waals surface area contributed by atoms with E-state index in [0.29, 0.717) is 5.92 Å². The number of aliphatic carboxylic acids is 1. The van der Waals surface area contributed by atoms with E-state index in [1.165, 1.54) is 6.42 Å². The number of nitrogens with one attached hydrogen (secondary N) is 2. The van der Waals surface area contributed by atoms with Gasteiger partial charge in [-0.05, 0) is 42.9 Å². The molecule has 5 atom stereocenters. The molecule has 0 aromatic heterocycles. The van der Waals surface area contributed by atoms with E-state index in [1.54, 1.807) is 6.92 Å². The van der Waals surface area contributed by atoms with Crippen LogP contribution in [0.1, 0.15) is 53.4 Å². The van der Waals surface area contributed by atoms with Gasteiger partial charge in [-0.25, -0.2) is 0 Å². The average molecular weight is 339 g/mol. The Kier molecular flexibility index (Phi) is 4.95. The number of amides is 2. The highest BCUT2D eigenvalue weighted by atomic mass is 16.4. The smallest absolute Gasteiger partial charge is 0.305 e. The maximum atomic E-state index is 12.5. The highest BCUT2D eigenvalue weighted by Crippen LogP contribution is 2.62. The van der Waals surface area contributed by atoms with Crippen LogP contribution < -0.4 is 16.4 Å². The van der Waals surface area contributed by atoms with Crippen LogP contribution in [0.15, 0.2) is 0 Å². The molecule has 0 aromatic carbocycles. The summed E-state index contributed by atoms with van der Waals surface area (Å²) in [6.45, 7) is 8.19. The molecule has 0 heterocycles. The second-order valence-corrected chi connectivity index (χ2v) is 8.29. The van der Waals surface area contributed by atoms with Crippen LogP contribution in [0.2, 0.25) is 0 Å². The first kappa shape index (κ1) is 18.7. The van der Waals surface area contributed by atoms with E-state index in [0.717, 1.165) is 12.8 Å². The molecule has 0 aliphatic heterocycles. The molecule has 24 heavy (non-hydrogen) atoms. The highest BCUT2D eigenvalue weighted by molar-refractivity contribution is 5.91. The average Bonchev–Trinajstić information content (AvgIpc) is 2.93. The largest absolute Gasteiger partial charge is 0.481 e. The van der Waals surface area contributed by atoms with E-state index >= 15 is 0 Å². The van der Waals surface area contributed by atoms with Crippen LogP contribution >= 0.6 is 0 Å². The van der Waals surface area contributed by atoms with Crippen LogP contribution in [0.25, 0.3) is 0 Å². The number of nitrogens with two attached hydrogens (primary N) is 1. The molecular weight excluding hydrogens is 310 g/mol. The fourth-order valence-corrected chi connectivity index (χ4v) is 4.60. The van der Waals surface area contributed by atoms with Gasteiger partial charge in [0.1, 0.15) is 6.04 Å². The van der Waals surface area contributed by atoms with Crippen LogP contribution in [-0.2, 0) is 14.4 Å². The minimum atomic E-state index is -1.16. The van der Waals surface area contributed by atoms with Gasteiger partial charge in [-0.3, -0.25) is 14.4 Å². The normalized spacial score (nSPS) is 32.9. The number of rotatable bonds is 6. The number of hydrogen-bond acceptors (Lipinski definition) is 4. The molecule has 7 heteroatoms. The first-order chi connectivity index (χ1) is 11.0. The Hall–Kier alpha value is -1.63. The van der Waals surface area contributed by atoms with Gasteiger partial charge in [0.2, 0.25) is 11.8 Å². The molecule has 5 unspecified atom stereocenters. The van der Waals surface area contributed by atoms with Crippen LogP contribution in [0, 0.1) is 16.7 Å². The van der Waals surface area contributed by atoms with Crippen molar-refractivity contribution >= 4 is 17.8 Å². The van der Waals surface area contributed by atoms with E-state index in [-0.39, 0.29) is 22.8 Å². The number of fused-ring (bicyclic) bond motifs is 2. The lowest BCUT2D eigenvalue weighted by Gasteiger charge is -2.43. The summed E-state index contributed by atoms with van der Waals surface area (Å²) in [6, 6.07) is -1.84. The Balaban J connectivity index is 1.95. The van der Waals surface area contributed by atoms with Gasteiger partial charge in [0.05, 0.1) is 12.5 Å². The van der Waals surface area contributed by atoms with Crippen molar-refractivity contribution in [3.05, 3.63) is 0 Å². The monoisotopic (exact) mass is 339 g/mol. The molecule has 2 aliphatic rings. The lowest BCUT2D eigenvalue weighted by molar-refractivity contribution is -0.139. The molecule has 0 spiro atoms. The standard InChI is InChI=1S/C17H29N3O4/c1-9(19-14(24)11(18)7-12(21)22)13(23)20-15-16(2,3)10-5-6-17(15,4)8-10/h9-11,15H,5-8,18H2,1-4H3,(H,19,24)(H,20,23)(H,21,22). The molecule has 136 valence electrons. The summed E-state index contributed by atoms with van der Waals surface area (Å²) in [5, 5.41) is 14.3. The summed E-state index contributed by atoms with van der Waals surface area (Å²) >= 11 is 0. The molecule has 0 radical (unpaired) electrons. The molecule has 0 saturated heterocycles. The molecule has 2 bridgehead atoms.